The van der Waals surface area contributed by atoms with E-state index in [0.717, 1.165) is 11.8 Å². The van der Waals surface area contributed by atoms with Crippen LogP contribution in [0.2, 0.25) is 0 Å². The van der Waals surface area contributed by atoms with Crippen molar-refractivity contribution in [2.45, 2.75) is 32.1 Å². The number of hydrogen-bond donors (Lipinski definition) is 1. The van der Waals surface area contributed by atoms with Gasteiger partial charge in [0.1, 0.15) is 0 Å². The molecule has 1 saturated carbocycles. The summed E-state index contributed by atoms with van der Waals surface area (Å²) >= 11 is 5.85. The minimum absolute atomic E-state index is 0.578. The van der Waals surface area contributed by atoms with Gasteiger partial charge in [-0.2, -0.15) is 0 Å². The maximum Gasteiger partial charge on any atom is 0.0229 e. The summed E-state index contributed by atoms with van der Waals surface area (Å²) in [5.74, 6) is 1.81. The van der Waals surface area contributed by atoms with Gasteiger partial charge in [-0.3, -0.25) is 0 Å². The lowest BCUT2D eigenvalue weighted by molar-refractivity contribution is 0.181. The number of hydrogen-bond acceptors (Lipinski definition) is 1. The van der Waals surface area contributed by atoms with E-state index >= 15 is 0 Å². The Morgan fingerprint density at radius 3 is 2.75 bits per heavy atom. The van der Waals surface area contributed by atoms with Crippen molar-refractivity contribution >= 4 is 11.6 Å². The van der Waals surface area contributed by atoms with Gasteiger partial charge in [-0.1, -0.05) is 0 Å². The first-order valence-electron chi connectivity index (χ1n) is 5.11. The summed E-state index contributed by atoms with van der Waals surface area (Å²) in [6.45, 7) is 2.47. The average Bonchev–Trinajstić information content (AvgIpc) is 2.38. The van der Waals surface area contributed by atoms with Crippen molar-refractivity contribution < 1.29 is 0 Å². The fourth-order valence-electron chi connectivity index (χ4n) is 2.75. The molecule has 3 rings (SSSR count). The first-order chi connectivity index (χ1) is 5.85. The zero-order chi connectivity index (χ0) is 8.44. The van der Waals surface area contributed by atoms with E-state index < -0.39 is 0 Å². The first-order valence-corrected chi connectivity index (χ1v) is 5.65. The van der Waals surface area contributed by atoms with Crippen molar-refractivity contribution in [3.8, 4) is 0 Å². The van der Waals surface area contributed by atoms with Crippen molar-refractivity contribution in [2.75, 3.05) is 19.0 Å². The quantitative estimate of drug-likeness (QED) is 0.655. The Bertz CT molecular complexity index is 144. The normalized spacial score (nSPS) is 41.2. The van der Waals surface area contributed by atoms with E-state index in [-0.39, 0.29) is 0 Å². The second-order valence-electron chi connectivity index (χ2n) is 4.51. The van der Waals surface area contributed by atoms with E-state index in [4.69, 9.17) is 11.6 Å². The third kappa shape index (κ3) is 1.62. The highest BCUT2D eigenvalue weighted by molar-refractivity contribution is 6.17. The van der Waals surface area contributed by atoms with Crippen molar-refractivity contribution in [1.82, 2.24) is 5.32 Å². The Morgan fingerprint density at radius 2 is 2.08 bits per heavy atom. The van der Waals surface area contributed by atoms with Crippen molar-refractivity contribution in [2.24, 2.45) is 11.3 Å². The van der Waals surface area contributed by atoms with Crippen LogP contribution in [0.5, 0.6) is 0 Å². The van der Waals surface area contributed by atoms with Crippen LogP contribution in [0.4, 0.5) is 0 Å². The van der Waals surface area contributed by atoms with Crippen LogP contribution in [0.3, 0.4) is 0 Å². The summed E-state index contributed by atoms with van der Waals surface area (Å²) in [6, 6.07) is 0. The average molecular weight is 188 g/mol. The Morgan fingerprint density at radius 1 is 1.33 bits per heavy atom. The largest absolute Gasteiger partial charge is 0.316 e. The highest BCUT2D eigenvalue weighted by Crippen LogP contribution is 2.43. The van der Waals surface area contributed by atoms with Crippen LogP contribution in [0, 0.1) is 11.3 Å². The molecule has 0 radical (unpaired) electrons. The molecule has 12 heavy (non-hydrogen) atoms. The van der Waals surface area contributed by atoms with E-state index in [2.05, 4.69) is 5.32 Å². The summed E-state index contributed by atoms with van der Waals surface area (Å²) in [7, 11) is 0. The lowest BCUT2D eigenvalue weighted by atomic mass is 9.70. The zero-order valence-electron chi connectivity index (χ0n) is 7.61. The molecule has 2 aliphatic heterocycles. The molecular formula is C10H18ClN. The predicted octanol–water partition coefficient (Wildman–Crippen LogP) is 2.40. The lowest BCUT2D eigenvalue weighted by Crippen LogP contribution is -2.32. The van der Waals surface area contributed by atoms with Gasteiger partial charge in [-0.15, -0.1) is 11.6 Å². The van der Waals surface area contributed by atoms with Crippen molar-refractivity contribution in [3.63, 3.8) is 0 Å². The molecule has 3 fully saturated rings. The van der Waals surface area contributed by atoms with Gasteiger partial charge in [0, 0.05) is 12.4 Å². The molecule has 70 valence electrons. The molecule has 3 aliphatic rings. The van der Waals surface area contributed by atoms with Gasteiger partial charge in [0.25, 0.3) is 0 Å². The molecule has 0 aromatic heterocycles. The molecule has 0 unspecified atom stereocenters. The third-order valence-corrected chi connectivity index (χ3v) is 3.91. The Hall–Kier alpha value is 0.250. The molecule has 0 aromatic rings. The van der Waals surface area contributed by atoms with Gasteiger partial charge in [0.2, 0.25) is 0 Å². The molecule has 2 heteroatoms. The third-order valence-electron chi connectivity index (χ3n) is 3.72. The first kappa shape index (κ1) is 8.83. The van der Waals surface area contributed by atoms with Crippen LogP contribution in [0.15, 0.2) is 0 Å². The molecular weight excluding hydrogens is 170 g/mol. The predicted molar refractivity (Wildman–Crippen MR) is 52.6 cm³/mol. The fourth-order valence-corrected chi connectivity index (χ4v) is 3.15. The highest BCUT2D eigenvalue weighted by Gasteiger charge is 2.36. The van der Waals surface area contributed by atoms with Gasteiger partial charge >= 0.3 is 0 Å². The van der Waals surface area contributed by atoms with Crippen molar-refractivity contribution in [1.29, 1.82) is 0 Å². The van der Waals surface area contributed by atoms with E-state index in [0.29, 0.717) is 5.41 Å². The van der Waals surface area contributed by atoms with Crippen LogP contribution in [0.25, 0.3) is 0 Å². The second-order valence-corrected chi connectivity index (χ2v) is 4.89. The molecule has 2 saturated heterocycles. The van der Waals surface area contributed by atoms with Crippen molar-refractivity contribution in [3.05, 3.63) is 0 Å². The Balaban J connectivity index is 2.03. The van der Waals surface area contributed by atoms with Gasteiger partial charge in [-0.05, 0) is 50.0 Å². The van der Waals surface area contributed by atoms with Crippen LogP contribution in [-0.4, -0.2) is 19.0 Å². The zero-order valence-corrected chi connectivity index (χ0v) is 8.37. The lowest BCUT2D eigenvalue weighted by Gasteiger charge is -2.35. The SMILES string of the molecule is ClCCC12CCC(CC1)CNC2. The molecule has 2 heterocycles. The monoisotopic (exact) mass is 187 g/mol. The summed E-state index contributed by atoms with van der Waals surface area (Å²) in [5, 5.41) is 3.58. The summed E-state index contributed by atoms with van der Waals surface area (Å²) in [6.07, 6.45) is 6.91. The van der Waals surface area contributed by atoms with Crippen LogP contribution in [0.1, 0.15) is 32.1 Å². The van der Waals surface area contributed by atoms with Crippen LogP contribution >= 0.6 is 11.6 Å². The fraction of sp³-hybridized carbons (Fsp3) is 1.00. The highest BCUT2D eigenvalue weighted by atomic mass is 35.5. The minimum Gasteiger partial charge on any atom is -0.316 e. The number of rotatable bonds is 2. The number of alkyl halides is 1. The van der Waals surface area contributed by atoms with E-state index in [1.54, 1.807) is 0 Å². The van der Waals surface area contributed by atoms with E-state index in [1.807, 2.05) is 0 Å². The van der Waals surface area contributed by atoms with E-state index in [9.17, 15) is 0 Å². The Labute approximate surface area is 79.9 Å². The molecule has 0 amide bonds. The molecule has 1 aliphatic carbocycles. The number of nitrogens with one attached hydrogen (secondary N) is 1. The summed E-state index contributed by atoms with van der Waals surface area (Å²) in [5.41, 5.74) is 0.578. The number of halogens is 1. The summed E-state index contributed by atoms with van der Waals surface area (Å²) in [4.78, 5) is 0. The van der Waals surface area contributed by atoms with E-state index in [1.165, 1.54) is 45.2 Å². The molecule has 1 N–H and O–H groups in total. The molecule has 0 atom stereocenters. The standard InChI is InChI=1S/C10H18ClN/c11-6-5-10-3-1-9(2-4-10)7-12-8-10/h9,12H,1-8H2. The Kier molecular flexibility index (Phi) is 2.61. The molecule has 0 spiro atoms. The van der Waals surface area contributed by atoms with Gasteiger partial charge in [-0.25, -0.2) is 0 Å². The number of fused-ring (bicyclic) bond motifs is 4. The smallest absolute Gasteiger partial charge is 0.0229 e. The van der Waals surface area contributed by atoms with Gasteiger partial charge in [0.15, 0.2) is 0 Å². The minimum atomic E-state index is 0.578. The molecule has 0 aromatic carbocycles. The van der Waals surface area contributed by atoms with Crippen LogP contribution < -0.4 is 5.32 Å². The van der Waals surface area contributed by atoms with Gasteiger partial charge in [0.05, 0.1) is 0 Å². The summed E-state index contributed by atoms with van der Waals surface area (Å²) < 4.78 is 0. The molecule has 1 nitrogen and oxygen atoms in total. The maximum atomic E-state index is 5.85. The second kappa shape index (κ2) is 3.55. The molecule has 2 bridgehead atoms. The van der Waals surface area contributed by atoms with Crippen LogP contribution in [-0.2, 0) is 0 Å². The van der Waals surface area contributed by atoms with Gasteiger partial charge < -0.3 is 5.32 Å². The topological polar surface area (TPSA) is 12.0 Å². The maximum absolute atomic E-state index is 5.85.